The first kappa shape index (κ1) is 17.7. The molecule has 2 aliphatic carbocycles. The van der Waals surface area contributed by atoms with E-state index in [2.05, 4.69) is 13.8 Å². The highest BCUT2D eigenvalue weighted by molar-refractivity contribution is 5.66. The van der Waals surface area contributed by atoms with Crippen LogP contribution in [0.5, 0.6) is 0 Å². The van der Waals surface area contributed by atoms with Crippen LogP contribution in [0.15, 0.2) is 0 Å². The van der Waals surface area contributed by atoms with Crippen LogP contribution in [0.4, 0.5) is 4.39 Å². The van der Waals surface area contributed by atoms with Gasteiger partial charge in [0, 0.05) is 12.3 Å². The summed E-state index contributed by atoms with van der Waals surface area (Å²) in [5.74, 6) is -0.487. The topological polar surface area (TPSA) is 66.8 Å². The van der Waals surface area contributed by atoms with Gasteiger partial charge in [-0.3, -0.25) is 4.79 Å². The number of carbonyl (C=O) groups is 1. The van der Waals surface area contributed by atoms with Gasteiger partial charge in [-0.2, -0.15) is 0 Å². The molecule has 0 aromatic rings. The normalized spacial score (nSPS) is 44.2. The van der Waals surface area contributed by atoms with Gasteiger partial charge in [-0.1, -0.05) is 27.2 Å². The second-order valence-electron chi connectivity index (χ2n) is 8.12. The fourth-order valence-electron chi connectivity index (χ4n) is 5.12. The molecule has 0 saturated heterocycles. The van der Waals surface area contributed by atoms with Gasteiger partial charge >= 0.3 is 5.97 Å². The van der Waals surface area contributed by atoms with Crippen molar-refractivity contribution in [3.63, 3.8) is 0 Å². The molecule has 0 aliphatic heterocycles. The molecule has 2 saturated carbocycles. The molecule has 128 valence electrons. The number of aliphatic hydroxyl groups excluding tert-OH is 1. The van der Waals surface area contributed by atoms with Crippen LogP contribution in [0, 0.1) is 16.7 Å². The maximum absolute atomic E-state index is 16.2. The number of ether oxygens (including phenoxy) is 1. The zero-order valence-corrected chi connectivity index (χ0v) is 14.1. The van der Waals surface area contributed by atoms with Crippen molar-refractivity contribution in [2.24, 2.45) is 16.7 Å². The highest BCUT2D eigenvalue weighted by Crippen LogP contribution is 2.64. The van der Waals surface area contributed by atoms with Crippen LogP contribution in [-0.2, 0) is 9.53 Å². The Kier molecular flexibility index (Phi) is 4.37. The number of halogens is 1. The summed E-state index contributed by atoms with van der Waals surface area (Å²) < 4.78 is 21.1. The minimum Gasteiger partial charge on any atom is -0.462 e. The van der Waals surface area contributed by atoms with Gasteiger partial charge in [-0.05, 0) is 37.0 Å². The molecule has 2 aliphatic rings. The highest BCUT2D eigenvalue weighted by Gasteiger charge is 2.69. The van der Waals surface area contributed by atoms with Gasteiger partial charge in [-0.25, -0.2) is 4.39 Å². The number of fused-ring (bicyclic) bond motifs is 1. The van der Waals surface area contributed by atoms with Crippen LogP contribution in [0.25, 0.3) is 0 Å². The second-order valence-corrected chi connectivity index (χ2v) is 8.12. The first-order valence-corrected chi connectivity index (χ1v) is 8.18. The number of rotatable bonds is 3. The third-order valence-electron chi connectivity index (χ3n) is 6.46. The molecule has 2 N–H and O–H groups in total. The highest BCUT2D eigenvalue weighted by atomic mass is 19.1. The smallest absolute Gasteiger partial charge is 0.302 e. The summed E-state index contributed by atoms with van der Waals surface area (Å²) in [7, 11) is 0. The number of aliphatic hydroxyl groups is 2. The molecule has 0 aromatic carbocycles. The predicted octanol–water partition coefficient (Wildman–Crippen LogP) is 2.61. The predicted molar refractivity (Wildman–Crippen MR) is 81.0 cm³/mol. The SMILES string of the molecule is CC(=O)OC[C@@]1(F)[C@@](O)(CO)CC[C@H]2C(C)(C)CCC[C@@]21C. The minimum atomic E-state index is -2.14. The first-order chi connectivity index (χ1) is 10.0. The molecule has 5 heteroatoms. The number of esters is 1. The fraction of sp³-hybridized carbons (Fsp3) is 0.941. The van der Waals surface area contributed by atoms with Crippen LogP contribution >= 0.6 is 0 Å². The molecule has 2 rings (SSSR count). The number of hydrogen-bond donors (Lipinski definition) is 2. The molecule has 0 radical (unpaired) electrons. The van der Waals surface area contributed by atoms with E-state index in [1.54, 1.807) is 0 Å². The van der Waals surface area contributed by atoms with Gasteiger partial charge in [-0.15, -0.1) is 0 Å². The first-order valence-electron chi connectivity index (χ1n) is 8.18. The van der Waals surface area contributed by atoms with E-state index < -0.39 is 35.9 Å². The Morgan fingerprint density at radius 1 is 1.27 bits per heavy atom. The fourth-order valence-corrected chi connectivity index (χ4v) is 5.12. The maximum Gasteiger partial charge on any atom is 0.302 e. The van der Waals surface area contributed by atoms with E-state index in [1.807, 2.05) is 6.92 Å². The lowest BCUT2D eigenvalue weighted by Gasteiger charge is -2.63. The van der Waals surface area contributed by atoms with E-state index in [-0.39, 0.29) is 17.8 Å². The van der Waals surface area contributed by atoms with Crippen molar-refractivity contribution in [3.05, 3.63) is 0 Å². The number of carbonyl (C=O) groups excluding carboxylic acids is 1. The van der Waals surface area contributed by atoms with Gasteiger partial charge in [0.2, 0.25) is 0 Å². The standard InChI is InChI=1S/C17H29FO4/c1-12(20)22-11-17(18)15(4)8-5-7-14(2,3)13(15)6-9-16(17,21)10-19/h13,19,21H,5-11H2,1-4H3/t13-,15-,16-,17-/m0/s1. The van der Waals surface area contributed by atoms with E-state index in [9.17, 15) is 15.0 Å². The van der Waals surface area contributed by atoms with Crippen molar-refractivity contribution < 1.29 is 24.1 Å². The number of alkyl halides is 1. The Labute approximate surface area is 132 Å². The molecule has 4 nitrogen and oxygen atoms in total. The summed E-state index contributed by atoms with van der Waals surface area (Å²) in [6.07, 6.45) is 3.38. The quantitative estimate of drug-likeness (QED) is 0.786. The van der Waals surface area contributed by atoms with Crippen molar-refractivity contribution >= 4 is 5.97 Å². The van der Waals surface area contributed by atoms with Gasteiger partial charge < -0.3 is 14.9 Å². The van der Waals surface area contributed by atoms with E-state index in [0.717, 1.165) is 12.8 Å². The third-order valence-corrected chi connectivity index (χ3v) is 6.46. The van der Waals surface area contributed by atoms with E-state index in [4.69, 9.17) is 4.74 Å². The molecule has 0 unspecified atom stereocenters. The van der Waals surface area contributed by atoms with E-state index in [1.165, 1.54) is 6.92 Å². The monoisotopic (exact) mass is 316 g/mol. The molecule has 0 aromatic heterocycles. The van der Waals surface area contributed by atoms with Crippen molar-refractivity contribution in [3.8, 4) is 0 Å². The average molecular weight is 316 g/mol. The lowest BCUT2D eigenvalue weighted by molar-refractivity contribution is -0.267. The van der Waals surface area contributed by atoms with Crippen LogP contribution in [-0.4, -0.2) is 40.7 Å². The number of hydrogen-bond acceptors (Lipinski definition) is 4. The van der Waals surface area contributed by atoms with Gasteiger partial charge in [0.1, 0.15) is 12.2 Å². The van der Waals surface area contributed by atoms with Gasteiger partial charge in [0.15, 0.2) is 5.67 Å². The van der Waals surface area contributed by atoms with Crippen LogP contribution < -0.4 is 0 Å². The van der Waals surface area contributed by atoms with E-state index >= 15 is 4.39 Å². The molecule has 2 fully saturated rings. The molecule has 22 heavy (non-hydrogen) atoms. The summed E-state index contributed by atoms with van der Waals surface area (Å²) in [5.41, 5.74) is -4.85. The molecule has 0 amide bonds. The van der Waals surface area contributed by atoms with Gasteiger partial charge in [0.25, 0.3) is 0 Å². The Morgan fingerprint density at radius 2 is 1.91 bits per heavy atom. The zero-order chi connectivity index (χ0) is 16.8. The summed E-state index contributed by atoms with van der Waals surface area (Å²) >= 11 is 0. The Hall–Kier alpha value is -0.680. The van der Waals surface area contributed by atoms with Crippen LogP contribution in [0.3, 0.4) is 0 Å². The summed E-state index contributed by atoms with van der Waals surface area (Å²) in [6, 6.07) is 0. The molecule has 0 spiro atoms. The van der Waals surface area contributed by atoms with E-state index in [0.29, 0.717) is 12.8 Å². The van der Waals surface area contributed by atoms with Gasteiger partial charge in [0.05, 0.1) is 6.61 Å². The molecular formula is C17H29FO4. The summed E-state index contributed by atoms with van der Waals surface area (Å²) in [6.45, 7) is 6.21. The zero-order valence-electron chi connectivity index (χ0n) is 14.1. The van der Waals surface area contributed by atoms with Crippen molar-refractivity contribution in [2.75, 3.05) is 13.2 Å². The van der Waals surface area contributed by atoms with Crippen LogP contribution in [0.1, 0.15) is 59.8 Å². The largest absolute Gasteiger partial charge is 0.462 e. The molecule has 0 bridgehead atoms. The Bertz CT molecular complexity index is 452. The minimum absolute atomic E-state index is 0.0304. The average Bonchev–Trinajstić information content (AvgIpc) is 2.41. The van der Waals surface area contributed by atoms with Crippen molar-refractivity contribution in [1.82, 2.24) is 0 Å². The van der Waals surface area contributed by atoms with Crippen LogP contribution in [0.2, 0.25) is 0 Å². The molecule has 0 heterocycles. The maximum atomic E-state index is 16.2. The Balaban J connectivity index is 2.47. The molecular weight excluding hydrogens is 287 g/mol. The van der Waals surface area contributed by atoms with Crippen molar-refractivity contribution in [1.29, 1.82) is 0 Å². The second kappa shape index (κ2) is 5.45. The lowest BCUT2D eigenvalue weighted by Crippen LogP contribution is -2.71. The Morgan fingerprint density at radius 3 is 2.45 bits per heavy atom. The lowest BCUT2D eigenvalue weighted by atomic mass is 9.44. The molecule has 4 atom stereocenters. The summed E-state index contributed by atoms with van der Waals surface area (Å²) in [5, 5.41) is 20.4. The third kappa shape index (κ3) is 2.37. The summed E-state index contributed by atoms with van der Waals surface area (Å²) in [4.78, 5) is 11.2. The van der Waals surface area contributed by atoms with Crippen molar-refractivity contribution in [2.45, 2.75) is 71.1 Å².